The summed E-state index contributed by atoms with van der Waals surface area (Å²) < 4.78 is 5.70. The van der Waals surface area contributed by atoms with Crippen LogP contribution < -0.4 is 5.32 Å². The van der Waals surface area contributed by atoms with Crippen LogP contribution in [0.3, 0.4) is 0 Å². The van der Waals surface area contributed by atoms with E-state index in [2.05, 4.69) is 11.4 Å². The van der Waals surface area contributed by atoms with Gasteiger partial charge in [0, 0.05) is 13.0 Å². The molecule has 1 aromatic rings. The molecule has 2 rings (SSSR count). The van der Waals surface area contributed by atoms with Crippen LogP contribution in [0.5, 0.6) is 0 Å². The summed E-state index contributed by atoms with van der Waals surface area (Å²) in [6.45, 7) is 3.20. The average molecular weight is 235 g/mol. The summed E-state index contributed by atoms with van der Waals surface area (Å²) in [6.07, 6.45) is 0.540. The Hall–Kier alpha value is -1.39. The zero-order valence-electron chi connectivity index (χ0n) is 9.85. The van der Waals surface area contributed by atoms with Gasteiger partial charge in [-0.1, -0.05) is 29.8 Å². The van der Waals surface area contributed by atoms with E-state index in [0.29, 0.717) is 19.6 Å². The smallest absolute Gasteiger partial charge is 0.320 e. The van der Waals surface area contributed by atoms with E-state index in [-0.39, 0.29) is 6.10 Å². The Bertz CT molecular complexity index is 405. The van der Waals surface area contributed by atoms with Crippen LogP contribution in [0.4, 0.5) is 0 Å². The first kappa shape index (κ1) is 12.1. The maximum Gasteiger partial charge on any atom is 0.320 e. The van der Waals surface area contributed by atoms with Crippen LogP contribution in [-0.4, -0.2) is 29.8 Å². The number of nitrogens with one attached hydrogen (secondary N) is 1. The molecular weight excluding hydrogens is 218 g/mol. The molecule has 1 saturated heterocycles. The van der Waals surface area contributed by atoms with Crippen molar-refractivity contribution in [1.82, 2.24) is 5.32 Å². The quantitative estimate of drug-likeness (QED) is 0.826. The Morgan fingerprint density at radius 3 is 3.06 bits per heavy atom. The second-order valence-electron chi connectivity index (χ2n) is 4.46. The van der Waals surface area contributed by atoms with Crippen LogP contribution in [0, 0.1) is 6.92 Å². The van der Waals surface area contributed by atoms with Crippen LogP contribution in [0.15, 0.2) is 24.3 Å². The van der Waals surface area contributed by atoms with E-state index in [0.717, 1.165) is 5.56 Å². The van der Waals surface area contributed by atoms with Gasteiger partial charge in [-0.2, -0.15) is 0 Å². The number of hydrogen-bond acceptors (Lipinski definition) is 3. The van der Waals surface area contributed by atoms with Crippen LogP contribution >= 0.6 is 0 Å². The molecule has 0 radical (unpaired) electrons. The molecule has 0 saturated carbocycles. The first-order valence-electron chi connectivity index (χ1n) is 5.78. The summed E-state index contributed by atoms with van der Waals surface area (Å²) in [5.41, 5.74) is 2.34. The highest BCUT2D eigenvalue weighted by molar-refractivity contribution is 5.73. The number of carbonyl (C=O) groups is 1. The van der Waals surface area contributed by atoms with Crippen molar-refractivity contribution in [1.29, 1.82) is 0 Å². The molecule has 92 valence electrons. The highest BCUT2D eigenvalue weighted by Crippen LogP contribution is 2.13. The van der Waals surface area contributed by atoms with Crippen LogP contribution in [0.25, 0.3) is 0 Å². The maximum absolute atomic E-state index is 10.7. The third-order valence-corrected chi connectivity index (χ3v) is 2.96. The summed E-state index contributed by atoms with van der Waals surface area (Å²) in [4.78, 5) is 10.7. The lowest BCUT2D eigenvalue weighted by Gasteiger charge is -2.10. The molecule has 17 heavy (non-hydrogen) atoms. The third kappa shape index (κ3) is 3.28. The molecular formula is C13H17NO3. The second-order valence-corrected chi connectivity index (χ2v) is 4.46. The average Bonchev–Trinajstić information content (AvgIpc) is 2.75. The molecule has 0 aromatic heterocycles. The van der Waals surface area contributed by atoms with Crippen molar-refractivity contribution in [2.75, 3.05) is 6.54 Å². The van der Waals surface area contributed by atoms with Crippen molar-refractivity contribution >= 4 is 5.97 Å². The number of benzene rings is 1. The Kier molecular flexibility index (Phi) is 3.76. The van der Waals surface area contributed by atoms with Crippen molar-refractivity contribution in [3.05, 3.63) is 35.4 Å². The highest BCUT2D eigenvalue weighted by Gasteiger charge is 2.29. The number of carboxylic acid groups (broad SMARTS) is 1. The number of aryl methyl sites for hydroxylation is 1. The minimum Gasteiger partial charge on any atom is -0.480 e. The van der Waals surface area contributed by atoms with E-state index >= 15 is 0 Å². The van der Waals surface area contributed by atoms with E-state index in [1.807, 2.05) is 25.1 Å². The van der Waals surface area contributed by atoms with Gasteiger partial charge in [0.05, 0.1) is 12.7 Å². The second kappa shape index (κ2) is 5.29. The lowest BCUT2D eigenvalue weighted by Crippen LogP contribution is -2.29. The fourth-order valence-corrected chi connectivity index (χ4v) is 2.03. The lowest BCUT2D eigenvalue weighted by atomic mass is 10.1. The molecule has 1 aromatic carbocycles. The maximum atomic E-state index is 10.7. The van der Waals surface area contributed by atoms with Crippen LogP contribution in [-0.2, 0) is 16.1 Å². The Morgan fingerprint density at radius 1 is 1.59 bits per heavy atom. The third-order valence-electron chi connectivity index (χ3n) is 2.96. The first-order valence-corrected chi connectivity index (χ1v) is 5.78. The van der Waals surface area contributed by atoms with E-state index in [1.165, 1.54) is 5.56 Å². The summed E-state index contributed by atoms with van der Waals surface area (Å²) in [7, 11) is 0. The topological polar surface area (TPSA) is 58.6 Å². The minimum absolute atomic E-state index is 0.00314. The SMILES string of the molecule is Cc1cccc(CO[C@@H]2CN[C@H](C(=O)O)C2)c1. The van der Waals surface area contributed by atoms with E-state index < -0.39 is 12.0 Å². The van der Waals surface area contributed by atoms with Crippen molar-refractivity contribution in [2.24, 2.45) is 0 Å². The highest BCUT2D eigenvalue weighted by atomic mass is 16.5. The number of carboxylic acids is 1. The lowest BCUT2D eigenvalue weighted by molar-refractivity contribution is -0.139. The fraction of sp³-hybridized carbons (Fsp3) is 0.462. The molecule has 1 fully saturated rings. The Labute approximate surface area is 101 Å². The predicted octanol–water partition coefficient (Wildman–Crippen LogP) is 1.33. The molecule has 0 spiro atoms. The Balaban J connectivity index is 1.82. The van der Waals surface area contributed by atoms with Gasteiger partial charge in [-0.3, -0.25) is 4.79 Å². The van der Waals surface area contributed by atoms with Gasteiger partial charge in [0.1, 0.15) is 6.04 Å². The molecule has 1 aliphatic rings. The zero-order valence-corrected chi connectivity index (χ0v) is 9.85. The van der Waals surface area contributed by atoms with Crippen molar-refractivity contribution in [2.45, 2.75) is 32.1 Å². The predicted molar refractivity (Wildman–Crippen MR) is 63.8 cm³/mol. The van der Waals surface area contributed by atoms with Gasteiger partial charge < -0.3 is 15.2 Å². The standard InChI is InChI=1S/C13H17NO3/c1-9-3-2-4-10(5-9)8-17-11-6-12(13(15)16)14-7-11/h2-5,11-12,14H,6-8H2,1H3,(H,15,16)/t11-,12-/m0/s1. The molecule has 0 amide bonds. The van der Waals surface area contributed by atoms with Gasteiger partial charge in [-0.15, -0.1) is 0 Å². The van der Waals surface area contributed by atoms with Gasteiger partial charge in [0.25, 0.3) is 0 Å². The van der Waals surface area contributed by atoms with Gasteiger partial charge >= 0.3 is 5.97 Å². The molecule has 0 bridgehead atoms. The molecule has 2 atom stereocenters. The Morgan fingerprint density at radius 2 is 2.41 bits per heavy atom. The number of ether oxygens (including phenoxy) is 1. The largest absolute Gasteiger partial charge is 0.480 e. The van der Waals surface area contributed by atoms with Crippen molar-refractivity contribution in [3.8, 4) is 0 Å². The monoisotopic (exact) mass is 235 g/mol. The molecule has 1 heterocycles. The molecule has 1 aliphatic heterocycles. The summed E-state index contributed by atoms with van der Waals surface area (Å²) in [5.74, 6) is -0.799. The fourth-order valence-electron chi connectivity index (χ4n) is 2.03. The number of aliphatic carboxylic acids is 1. The first-order chi connectivity index (χ1) is 8.15. The van der Waals surface area contributed by atoms with E-state index in [1.54, 1.807) is 0 Å². The van der Waals surface area contributed by atoms with Gasteiger partial charge in [0.15, 0.2) is 0 Å². The molecule has 4 nitrogen and oxygen atoms in total. The molecule has 4 heteroatoms. The van der Waals surface area contributed by atoms with Crippen molar-refractivity contribution < 1.29 is 14.6 Å². The van der Waals surface area contributed by atoms with Crippen molar-refractivity contribution in [3.63, 3.8) is 0 Å². The zero-order chi connectivity index (χ0) is 12.3. The summed E-state index contributed by atoms with van der Waals surface area (Å²) in [5, 5.41) is 11.8. The normalized spacial score (nSPS) is 23.8. The van der Waals surface area contributed by atoms with E-state index in [4.69, 9.17) is 9.84 Å². The summed E-state index contributed by atoms with van der Waals surface area (Å²) >= 11 is 0. The van der Waals surface area contributed by atoms with Gasteiger partial charge in [0.2, 0.25) is 0 Å². The van der Waals surface area contributed by atoms with Gasteiger partial charge in [-0.25, -0.2) is 0 Å². The minimum atomic E-state index is -0.799. The van der Waals surface area contributed by atoms with Crippen LogP contribution in [0.2, 0.25) is 0 Å². The number of hydrogen-bond donors (Lipinski definition) is 2. The van der Waals surface area contributed by atoms with E-state index in [9.17, 15) is 4.79 Å². The molecule has 0 unspecified atom stereocenters. The molecule has 0 aliphatic carbocycles. The van der Waals surface area contributed by atoms with Gasteiger partial charge in [-0.05, 0) is 12.5 Å². The summed E-state index contributed by atoms with van der Waals surface area (Å²) in [6, 6.07) is 7.68. The van der Waals surface area contributed by atoms with Crippen LogP contribution in [0.1, 0.15) is 17.5 Å². The molecule has 2 N–H and O–H groups in total. The number of rotatable bonds is 4.